The average molecular weight is 491 g/mol. The van der Waals surface area contributed by atoms with E-state index in [2.05, 4.69) is 45.7 Å². The molecule has 5 heteroatoms. The maximum atomic E-state index is 7.42. The van der Waals surface area contributed by atoms with Gasteiger partial charge in [-0.25, -0.2) is 0 Å². The summed E-state index contributed by atoms with van der Waals surface area (Å²) >= 11 is 0. The molecule has 0 saturated carbocycles. The number of para-hydroxylation sites is 1. The molecular weight excluding hydrogens is 452 g/mol. The van der Waals surface area contributed by atoms with Crippen LogP contribution in [-0.2, 0) is 31.6 Å². The summed E-state index contributed by atoms with van der Waals surface area (Å²) in [4.78, 5) is 2.86. The number of H-pyrrole nitrogens is 1. The molecule has 0 aliphatic heterocycles. The van der Waals surface area contributed by atoms with Crippen LogP contribution < -0.4 is 4.74 Å². The zero-order valence-electron chi connectivity index (χ0n) is 19.4. The predicted molar refractivity (Wildman–Crippen MR) is 122 cm³/mol. The van der Waals surface area contributed by atoms with Crippen molar-refractivity contribution in [2.45, 2.75) is 74.1 Å². The van der Waals surface area contributed by atoms with Crippen molar-refractivity contribution in [1.82, 2.24) is 4.98 Å². The molecule has 1 aromatic heterocycles. The monoisotopic (exact) mass is 489 g/mol. The van der Waals surface area contributed by atoms with Gasteiger partial charge in [0.1, 0.15) is 0 Å². The van der Waals surface area contributed by atoms with Crippen LogP contribution >= 0.6 is 0 Å². The van der Waals surface area contributed by atoms with E-state index >= 15 is 0 Å². The Morgan fingerprint density at radius 1 is 1.04 bits per heavy atom. The van der Waals surface area contributed by atoms with Crippen molar-refractivity contribution in [2.24, 2.45) is 0 Å². The third kappa shape index (κ3) is 17.0. The van der Waals surface area contributed by atoms with E-state index in [1.807, 2.05) is 64.4 Å². The summed E-state index contributed by atoms with van der Waals surface area (Å²) in [6, 6.07) is 9.82. The van der Waals surface area contributed by atoms with Gasteiger partial charge in [0.25, 0.3) is 0 Å². The summed E-state index contributed by atoms with van der Waals surface area (Å²) in [6.45, 7) is 18.5. The van der Waals surface area contributed by atoms with Crippen LogP contribution in [0.15, 0.2) is 42.7 Å². The van der Waals surface area contributed by atoms with Gasteiger partial charge < -0.3 is 15.1 Å². The maximum absolute atomic E-state index is 7.42. The molecule has 2 N–H and O–H groups in total. The number of aromatic nitrogens is 1. The molecular formula is C23H39CaN2OZr-. The van der Waals surface area contributed by atoms with Crippen molar-refractivity contribution in [3.63, 3.8) is 0 Å². The van der Waals surface area contributed by atoms with Crippen LogP contribution in [0.25, 0.3) is 0 Å². The Morgan fingerprint density at radius 2 is 1.50 bits per heavy atom. The van der Waals surface area contributed by atoms with Crippen molar-refractivity contribution in [3.05, 3.63) is 60.0 Å². The molecule has 3 nitrogen and oxygen atoms in total. The van der Waals surface area contributed by atoms with E-state index in [9.17, 15) is 0 Å². The van der Waals surface area contributed by atoms with Gasteiger partial charge in [-0.2, -0.15) is 20.0 Å². The van der Waals surface area contributed by atoms with Gasteiger partial charge in [0, 0.05) is 88.1 Å². The first-order valence-corrected chi connectivity index (χ1v) is 9.47. The molecule has 28 heavy (non-hydrogen) atoms. The van der Waals surface area contributed by atoms with Crippen LogP contribution in [0.3, 0.4) is 0 Å². The number of benzene rings is 1. The number of aromatic amines is 1. The summed E-state index contributed by atoms with van der Waals surface area (Å²) in [7, 11) is 0. The summed E-state index contributed by atoms with van der Waals surface area (Å²) in [5.74, 6) is 0.810. The first-order valence-electron chi connectivity index (χ1n) is 9.47. The largest absolute Gasteiger partial charge is 0.659 e. The Hall–Kier alpha value is 0.113. The zero-order valence-corrected chi connectivity index (χ0v) is 24.1. The molecule has 154 valence electrons. The first-order chi connectivity index (χ1) is 12.3. The number of rotatable bonds is 3. The van der Waals surface area contributed by atoms with Crippen LogP contribution in [0.5, 0.6) is 5.75 Å². The van der Waals surface area contributed by atoms with Crippen LogP contribution in [0.4, 0.5) is 0 Å². The van der Waals surface area contributed by atoms with E-state index < -0.39 is 0 Å². The van der Waals surface area contributed by atoms with Gasteiger partial charge in [0.15, 0.2) is 0 Å². The molecule has 1 aromatic carbocycles. The predicted octanol–water partition coefficient (Wildman–Crippen LogP) is 7.01. The van der Waals surface area contributed by atoms with Gasteiger partial charge in [-0.3, -0.25) is 0 Å². The minimum atomic E-state index is 0. The Morgan fingerprint density at radius 3 is 1.79 bits per heavy atom. The van der Waals surface area contributed by atoms with Gasteiger partial charge in [0.2, 0.25) is 0 Å². The normalized spacial score (nSPS) is 8.93. The molecule has 2 radical (unpaired) electrons. The fraction of sp³-hybridized carbons (Fsp3) is 0.478. The Bertz CT molecular complexity index is 547. The van der Waals surface area contributed by atoms with Crippen molar-refractivity contribution < 1.29 is 30.9 Å². The molecule has 0 unspecified atom stereocenters. The third-order valence-electron chi connectivity index (χ3n) is 2.81. The fourth-order valence-corrected chi connectivity index (χ4v) is 1.85. The number of ether oxygens (including phenoxy) is 1. The molecule has 2 aromatic rings. The molecule has 0 atom stereocenters. The molecule has 0 saturated heterocycles. The van der Waals surface area contributed by atoms with Crippen molar-refractivity contribution >= 4 is 44.0 Å². The minimum Gasteiger partial charge on any atom is -0.659 e. The van der Waals surface area contributed by atoms with Gasteiger partial charge in [-0.1, -0.05) is 67.0 Å². The number of hydrogen-bond donors (Lipinski definition) is 2. The number of hydrogen-bond acceptors (Lipinski definition) is 2. The molecule has 0 amide bonds. The van der Waals surface area contributed by atoms with Crippen LogP contribution in [-0.4, -0.2) is 48.9 Å². The Kier molecular flexibility index (Phi) is 27.7. The Balaban J connectivity index is -0.000000200. The summed E-state index contributed by atoms with van der Waals surface area (Å²) in [5.41, 5.74) is 1.98. The van der Waals surface area contributed by atoms with E-state index in [0.717, 1.165) is 23.0 Å². The Labute approximate surface area is 223 Å². The molecule has 0 aliphatic carbocycles. The van der Waals surface area contributed by atoms with Gasteiger partial charge in [-0.05, 0) is 29.2 Å². The molecule has 0 spiro atoms. The average Bonchev–Trinajstić information content (AvgIpc) is 3.16. The summed E-state index contributed by atoms with van der Waals surface area (Å²) < 4.78 is 5.76. The number of nitrogens with one attached hydrogen (secondary N) is 2. The van der Waals surface area contributed by atoms with E-state index in [1.54, 1.807) is 0 Å². The second-order valence-corrected chi connectivity index (χ2v) is 6.72. The van der Waals surface area contributed by atoms with E-state index in [0.29, 0.717) is 0 Å². The van der Waals surface area contributed by atoms with Crippen molar-refractivity contribution in [3.8, 4) is 5.75 Å². The van der Waals surface area contributed by atoms with E-state index in [-0.39, 0.29) is 69.4 Å². The molecule has 0 aliphatic rings. The smallest absolute Gasteiger partial charge is 0.0976 e. The quantitative estimate of drug-likeness (QED) is 0.271. The van der Waals surface area contributed by atoms with Gasteiger partial charge in [-0.15, -0.1) is 0 Å². The molecule has 0 bridgehead atoms. The molecule has 1 heterocycles. The molecule has 0 fully saturated rings. The van der Waals surface area contributed by atoms with Crippen molar-refractivity contribution in [1.29, 1.82) is 5.41 Å². The zero-order chi connectivity index (χ0) is 20.6. The van der Waals surface area contributed by atoms with E-state index in [1.165, 1.54) is 12.6 Å². The molecule has 2 rings (SSSR count). The van der Waals surface area contributed by atoms with Crippen LogP contribution in [0.2, 0.25) is 0 Å². The topological polar surface area (TPSA) is 48.9 Å². The second kappa shape index (κ2) is 21.8. The minimum absolute atomic E-state index is 0. The third-order valence-corrected chi connectivity index (χ3v) is 2.81. The SMILES string of the molecule is CC.CCC.C[C-](C)Oc1c(C=N)cccc1C(C)(C)C.[Ca].[Zr].c1cc[nH]c1. The van der Waals surface area contributed by atoms with Crippen molar-refractivity contribution in [2.75, 3.05) is 0 Å². The van der Waals surface area contributed by atoms with Crippen LogP contribution in [0.1, 0.15) is 79.9 Å². The summed E-state index contributed by atoms with van der Waals surface area (Å²) in [5, 5.41) is 7.42. The van der Waals surface area contributed by atoms with Crippen LogP contribution in [0, 0.1) is 11.5 Å². The summed E-state index contributed by atoms with van der Waals surface area (Å²) in [6.07, 6.45) is 7.23. The standard InChI is InChI=1S/C14H20NO.C4H5N.C3H8.C2H6.Ca.Zr/c1-10(2)16-13-11(9-15)7-6-8-12(13)14(3,4)5;1-2-4-5-3-1;1-3-2;1-2;;/h6-9,15H,1-5H3;1-5H;3H2,1-2H3;1-2H3;;/q-1;;;;;. The second-order valence-electron chi connectivity index (χ2n) is 6.72. The van der Waals surface area contributed by atoms with Gasteiger partial charge >= 0.3 is 0 Å². The van der Waals surface area contributed by atoms with E-state index in [4.69, 9.17) is 10.1 Å². The first kappa shape index (κ1) is 35.5. The maximum Gasteiger partial charge on any atom is 0.0976 e. The van der Waals surface area contributed by atoms with Gasteiger partial charge in [0.05, 0.1) is 5.75 Å². The fourth-order valence-electron chi connectivity index (χ4n) is 1.85.